The highest BCUT2D eigenvalue weighted by molar-refractivity contribution is 5.87. The van der Waals surface area contributed by atoms with Crippen LogP contribution < -0.4 is 15.1 Å². The number of aromatic nitrogens is 4. The van der Waals surface area contributed by atoms with Gasteiger partial charge in [-0.3, -0.25) is 4.79 Å². The molecule has 36 heavy (non-hydrogen) atoms. The predicted molar refractivity (Wildman–Crippen MR) is 137 cm³/mol. The molecule has 1 aromatic carbocycles. The predicted octanol–water partition coefficient (Wildman–Crippen LogP) is 1.87. The summed E-state index contributed by atoms with van der Waals surface area (Å²) < 4.78 is 13.0. The van der Waals surface area contributed by atoms with Crippen LogP contribution in [0.25, 0.3) is 11.2 Å². The van der Waals surface area contributed by atoms with E-state index in [1.807, 2.05) is 9.47 Å². The fraction of sp³-hybridized carbons (Fsp3) is 0.520. The van der Waals surface area contributed by atoms with Gasteiger partial charge in [-0.2, -0.15) is 9.97 Å². The van der Waals surface area contributed by atoms with E-state index >= 15 is 0 Å². The molecule has 3 saturated heterocycles. The van der Waals surface area contributed by atoms with Gasteiger partial charge in [0.2, 0.25) is 11.9 Å². The van der Waals surface area contributed by atoms with Crippen molar-refractivity contribution in [1.29, 1.82) is 0 Å². The molecule has 0 bridgehead atoms. The number of amides is 1. The first-order valence-corrected chi connectivity index (χ1v) is 12.8. The Kier molecular flexibility index (Phi) is 6.56. The monoisotopic (exact) mass is 492 g/mol. The van der Waals surface area contributed by atoms with Gasteiger partial charge in [-0.15, -0.1) is 0 Å². The SMILES string of the molecule is O=C1CCCN1CCn1cnc2c(Nc3ccc(N4CCOCC4)cc3)nc(N3CCOCC3)nc21. The summed E-state index contributed by atoms with van der Waals surface area (Å²) in [4.78, 5) is 32.9. The van der Waals surface area contributed by atoms with E-state index in [1.54, 1.807) is 6.33 Å². The fourth-order valence-corrected chi connectivity index (χ4v) is 4.97. The third-order valence-corrected chi connectivity index (χ3v) is 7.03. The minimum absolute atomic E-state index is 0.228. The molecule has 0 unspecified atom stereocenters. The summed E-state index contributed by atoms with van der Waals surface area (Å²) in [7, 11) is 0. The van der Waals surface area contributed by atoms with Gasteiger partial charge in [0.15, 0.2) is 17.0 Å². The Morgan fingerprint density at radius 1 is 0.861 bits per heavy atom. The molecular weight excluding hydrogens is 460 g/mol. The quantitative estimate of drug-likeness (QED) is 0.530. The Morgan fingerprint density at radius 3 is 2.28 bits per heavy atom. The van der Waals surface area contributed by atoms with E-state index in [0.717, 1.165) is 69.2 Å². The zero-order chi connectivity index (χ0) is 24.3. The lowest BCUT2D eigenvalue weighted by Crippen LogP contribution is -2.37. The van der Waals surface area contributed by atoms with Crippen molar-refractivity contribution in [3.05, 3.63) is 30.6 Å². The van der Waals surface area contributed by atoms with Gasteiger partial charge >= 0.3 is 0 Å². The Hall–Kier alpha value is -3.44. The number of ether oxygens (including phenoxy) is 2. The number of rotatable bonds is 7. The highest BCUT2D eigenvalue weighted by Crippen LogP contribution is 2.27. The molecule has 0 atom stereocenters. The molecule has 6 rings (SSSR count). The van der Waals surface area contributed by atoms with Crippen LogP contribution in [-0.2, 0) is 20.8 Å². The fourth-order valence-electron chi connectivity index (χ4n) is 4.97. The lowest BCUT2D eigenvalue weighted by Gasteiger charge is -2.29. The van der Waals surface area contributed by atoms with Crippen LogP contribution in [0.1, 0.15) is 12.8 Å². The molecule has 3 aliphatic rings. The molecule has 0 aliphatic carbocycles. The number of carbonyl (C=O) groups excluding carboxylic acids is 1. The Morgan fingerprint density at radius 2 is 1.58 bits per heavy atom. The number of hydrogen-bond donors (Lipinski definition) is 1. The van der Waals surface area contributed by atoms with E-state index in [9.17, 15) is 4.79 Å². The van der Waals surface area contributed by atoms with E-state index in [4.69, 9.17) is 19.4 Å². The van der Waals surface area contributed by atoms with Crippen molar-refractivity contribution in [2.75, 3.05) is 80.8 Å². The number of likely N-dealkylation sites (tertiary alicyclic amines) is 1. The second-order valence-corrected chi connectivity index (χ2v) is 9.34. The van der Waals surface area contributed by atoms with Crippen LogP contribution in [0, 0.1) is 0 Å². The van der Waals surface area contributed by atoms with Crippen molar-refractivity contribution in [3.8, 4) is 0 Å². The number of hydrogen-bond acceptors (Lipinski definition) is 9. The number of benzene rings is 1. The van der Waals surface area contributed by atoms with Crippen molar-refractivity contribution in [2.45, 2.75) is 19.4 Å². The summed E-state index contributed by atoms with van der Waals surface area (Å²) in [5.41, 5.74) is 3.62. The number of anilines is 4. The Labute approximate surface area is 210 Å². The van der Waals surface area contributed by atoms with Gasteiger partial charge in [0, 0.05) is 63.6 Å². The molecule has 0 spiro atoms. The maximum absolute atomic E-state index is 12.1. The van der Waals surface area contributed by atoms with Gasteiger partial charge in [0.25, 0.3) is 0 Å². The molecule has 11 heteroatoms. The molecule has 1 N–H and O–H groups in total. The first-order valence-electron chi connectivity index (χ1n) is 12.8. The van der Waals surface area contributed by atoms with Gasteiger partial charge in [0.05, 0.1) is 32.8 Å². The second-order valence-electron chi connectivity index (χ2n) is 9.34. The molecule has 3 fully saturated rings. The molecule has 0 radical (unpaired) electrons. The molecule has 190 valence electrons. The van der Waals surface area contributed by atoms with Crippen LogP contribution >= 0.6 is 0 Å². The third kappa shape index (κ3) is 4.80. The normalized spacial score (nSPS) is 18.9. The van der Waals surface area contributed by atoms with Crippen LogP contribution in [0.3, 0.4) is 0 Å². The standard InChI is InChI=1S/C25H32N8O3/c34-21-2-1-7-31(21)8-9-33-18-26-22-23(28-25(29-24(22)33)32-12-16-36-17-13-32)27-19-3-5-20(6-4-19)30-10-14-35-15-11-30/h3-6,18H,1-2,7-17H2,(H,27,28,29). The van der Waals surface area contributed by atoms with E-state index in [-0.39, 0.29) is 5.91 Å². The van der Waals surface area contributed by atoms with Gasteiger partial charge in [-0.1, -0.05) is 0 Å². The summed E-state index contributed by atoms with van der Waals surface area (Å²) in [6, 6.07) is 8.40. The zero-order valence-electron chi connectivity index (χ0n) is 20.4. The highest BCUT2D eigenvalue weighted by atomic mass is 16.5. The summed E-state index contributed by atoms with van der Waals surface area (Å²) in [6.45, 7) is 8.27. The van der Waals surface area contributed by atoms with Crippen molar-refractivity contribution < 1.29 is 14.3 Å². The molecule has 5 heterocycles. The molecule has 11 nitrogen and oxygen atoms in total. The van der Waals surface area contributed by atoms with E-state index in [2.05, 4.69) is 44.4 Å². The van der Waals surface area contributed by atoms with E-state index in [0.29, 0.717) is 44.5 Å². The number of nitrogens with one attached hydrogen (secondary N) is 1. The molecule has 3 aromatic rings. The van der Waals surface area contributed by atoms with Gasteiger partial charge in [-0.25, -0.2) is 4.98 Å². The van der Waals surface area contributed by atoms with Gasteiger partial charge in [-0.05, 0) is 30.7 Å². The van der Waals surface area contributed by atoms with Gasteiger partial charge in [0.1, 0.15) is 0 Å². The molecule has 3 aliphatic heterocycles. The van der Waals surface area contributed by atoms with Crippen LogP contribution in [-0.4, -0.2) is 96.0 Å². The number of morpholine rings is 2. The number of fused-ring (bicyclic) bond motifs is 1. The first-order chi connectivity index (χ1) is 17.7. The minimum Gasteiger partial charge on any atom is -0.378 e. The maximum Gasteiger partial charge on any atom is 0.229 e. The van der Waals surface area contributed by atoms with Crippen LogP contribution in [0.4, 0.5) is 23.1 Å². The van der Waals surface area contributed by atoms with Crippen LogP contribution in [0.15, 0.2) is 30.6 Å². The lowest BCUT2D eigenvalue weighted by atomic mass is 10.2. The van der Waals surface area contributed by atoms with Crippen LogP contribution in [0.5, 0.6) is 0 Å². The van der Waals surface area contributed by atoms with Crippen molar-refractivity contribution in [3.63, 3.8) is 0 Å². The van der Waals surface area contributed by atoms with E-state index < -0.39 is 0 Å². The highest BCUT2D eigenvalue weighted by Gasteiger charge is 2.22. The summed E-state index contributed by atoms with van der Waals surface area (Å²) >= 11 is 0. The Balaban J connectivity index is 1.27. The zero-order valence-corrected chi connectivity index (χ0v) is 20.4. The van der Waals surface area contributed by atoms with E-state index in [1.165, 1.54) is 5.69 Å². The molecular formula is C25H32N8O3. The van der Waals surface area contributed by atoms with Crippen LogP contribution in [0.2, 0.25) is 0 Å². The van der Waals surface area contributed by atoms with Crippen molar-refractivity contribution >= 4 is 40.2 Å². The average molecular weight is 493 g/mol. The smallest absolute Gasteiger partial charge is 0.229 e. The number of imidazole rings is 1. The number of nitrogens with zero attached hydrogens (tertiary/aromatic N) is 7. The first kappa shape index (κ1) is 23.0. The summed E-state index contributed by atoms with van der Waals surface area (Å²) in [5, 5.41) is 3.48. The minimum atomic E-state index is 0.228. The van der Waals surface area contributed by atoms with Crippen molar-refractivity contribution in [1.82, 2.24) is 24.4 Å². The molecule has 0 saturated carbocycles. The Bertz CT molecular complexity index is 1200. The maximum atomic E-state index is 12.1. The third-order valence-electron chi connectivity index (χ3n) is 7.03. The second kappa shape index (κ2) is 10.3. The topological polar surface area (TPSA) is 101 Å². The molecule has 2 aromatic heterocycles. The molecule has 1 amide bonds. The number of carbonyl (C=O) groups is 1. The van der Waals surface area contributed by atoms with Gasteiger partial charge < -0.3 is 34.1 Å². The average Bonchev–Trinajstić information content (AvgIpc) is 3.54. The largest absolute Gasteiger partial charge is 0.378 e. The van der Waals surface area contributed by atoms with Crippen molar-refractivity contribution in [2.24, 2.45) is 0 Å². The summed E-state index contributed by atoms with van der Waals surface area (Å²) in [6.07, 6.45) is 3.38. The lowest BCUT2D eigenvalue weighted by molar-refractivity contribution is -0.127. The summed E-state index contributed by atoms with van der Waals surface area (Å²) in [5.74, 6) is 1.57.